The standard InChI is InChI=1S/C7H8N.C6H11F.Sn/c8-6-7-4-2-1-3-5-7;7-6-4-2-1-3-5-6;/h1-2,4-5H,6,8H2;6H,1-5H2;. The number of hydrogen-bond donors (Lipinski definition) is 1. The molecule has 0 heterocycles. The van der Waals surface area contributed by atoms with E-state index in [0.29, 0.717) is 6.54 Å². The zero-order valence-corrected chi connectivity index (χ0v) is 12.4. The van der Waals surface area contributed by atoms with Crippen molar-refractivity contribution >= 4 is 26.1 Å². The molecule has 1 nitrogen and oxygen atoms in total. The molecular weight excluding hydrogens is 308 g/mol. The number of nitrogens with two attached hydrogens (primary N) is 1. The summed E-state index contributed by atoms with van der Waals surface area (Å²) in [5.41, 5.74) is 6.65. The molecule has 1 aliphatic rings. The van der Waals surface area contributed by atoms with Crippen LogP contribution < -0.4 is 9.31 Å². The molecular formula is C13H19FNSn. The summed E-state index contributed by atoms with van der Waals surface area (Å²) in [4.78, 5) is 0. The van der Waals surface area contributed by atoms with Crippen LogP contribution in [0.15, 0.2) is 24.3 Å². The quantitative estimate of drug-likeness (QED) is 0.787. The van der Waals surface area contributed by atoms with E-state index in [2.05, 4.69) is 12.1 Å². The van der Waals surface area contributed by atoms with E-state index < -0.39 is 6.17 Å². The van der Waals surface area contributed by atoms with Gasteiger partial charge in [-0.2, -0.15) is 0 Å². The van der Waals surface area contributed by atoms with Gasteiger partial charge in [0.15, 0.2) is 0 Å². The fourth-order valence-electron chi connectivity index (χ4n) is 1.75. The molecule has 0 aromatic heterocycles. The van der Waals surface area contributed by atoms with Crippen LogP contribution in [0.1, 0.15) is 37.7 Å². The number of rotatable bonds is 1. The van der Waals surface area contributed by atoms with Crippen LogP contribution in [0.25, 0.3) is 0 Å². The Balaban J connectivity index is 0.000000165. The number of benzene rings is 1. The third-order valence-electron chi connectivity index (χ3n) is 2.70. The van der Waals surface area contributed by atoms with Gasteiger partial charge in [-0.05, 0) is 12.8 Å². The van der Waals surface area contributed by atoms with E-state index in [1.165, 1.54) is 38.1 Å². The van der Waals surface area contributed by atoms with Crippen molar-refractivity contribution in [3.05, 3.63) is 29.8 Å². The fourth-order valence-corrected chi connectivity index (χ4v) is 2.55. The van der Waals surface area contributed by atoms with Gasteiger partial charge in [0.2, 0.25) is 0 Å². The van der Waals surface area contributed by atoms with E-state index in [1.54, 1.807) is 0 Å². The molecule has 0 bridgehead atoms. The minimum atomic E-state index is -0.464. The summed E-state index contributed by atoms with van der Waals surface area (Å²) in [5, 5.41) is 0. The molecule has 3 heteroatoms. The molecule has 0 amide bonds. The zero-order valence-electron chi connectivity index (χ0n) is 9.58. The van der Waals surface area contributed by atoms with Crippen molar-refractivity contribution in [3.63, 3.8) is 0 Å². The molecule has 16 heavy (non-hydrogen) atoms. The van der Waals surface area contributed by atoms with Crippen molar-refractivity contribution in [2.45, 2.75) is 44.8 Å². The fraction of sp³-hybridized carbons (Fsp3) is 0.538. The molecule has 0 aliphatic heterocycles. The van der Waals surface area contributed by atoms with E-state index in [1.807, 2.05) is 12.1 Å². The van der Waals surface area contributed by atoms with E-state index in [0.717, 1.165) is 25.7 Å². The van der Waals surface area contributed by atoms with Crippen LogP contribution in [-0.4, -0.2) is 28.7 Å². The summed E-state index contributed by atoms with van der Waals surface area (Å²) < 4.78 is 13.5. The van der Waals surface area contributed by atoms with Crippen LogP contribution in [0.3, 0.4) is 0 Å². The summed E-state index contributed by atoms with van der Waals surface area (Å²) in [7, 11) is 0. The summed E-state index contributed by atoms with van der Waals surface area (Å²) in [6, 6.07) is 8.34. The van der Waals surface area contributed by atoms with Crippen molar-refractivity contribution in [2.24, 2.45) is 5.73 Å². The third-order valence-corrected chi connectivity index (χ3v) is 3.59. The van der Waals surface area contributed by atoms with Crippen molar-refractivity contribution in [3.8, 4) is 0 Å². The molecule has 1 aromatic rings. The molecule has 1 aliphatic carbocycles. The second-order valence-corrected chi connectivity index (χ2v) is 5.79. The summed E-state index contributed by atoms with van der Waals surface area (Å²) in [5.74, 6) is 0. The van der Waals surface area contributed by atoms with Crippen LogP contribution in [-0.2, 0) is 6.54 Å². The number of hydrogen-bond acceptors (Lipinski definition) is 1. The van der Waals surface area contributed by atoms with Gasteiger partial charge < -0.3 is 0 Å². The Morgan fingerprint density at radius 1 is 1.25 bits per heavy atom. The van der Waals surface area contributed by atoms with E-state index in [4.69, 9.17) is 5.73 Å². The zero-order chi connectivity index (χ0) is 11.8. The minimum absolute atomic E-state index is 0.464. The topological polar surface area (TPSA) is 26.0 Å². The van der Waals surface area contributed by atoms with Gasteiger partial charge in [-0.3, -0.25) is 0 Å². The molecule has 1 aromatic carbocycles. The second-order valence-electron chi connectivity index (χ2n) is 4.14. The molecule has 0 unspecified atom stereocenters. The van der Waals surface area contributed by atoms with Crippen LogP contribution in [0.4, 0.5) is 4.39 Å². The van der Waals surface area contributed by atoms with Gasteiger partial charge >= 0.3 is 68.2 Å². The van der Waals surface area contributed by atoms with Gasteiger partial charge in [0.05, 0.1) is 0 Å². The van der Waals surface area contributed by atoms with Crippen LogP contribution in [0.2, 0.25) is 0 Å². The van der Waals surface area contributed by atoms with Crippen LogP contribution in [0.5, 0.6) is 0 Å². The third kappa shape index (κ3) is 5.85. The normalized spacial score (nSPS) is 16.4. The Morgan fingerprint density at radius 3 is 2.31 bits per heavy atom. The van der Waals surface area contributed by atoms with Gasteiger partial charge in [-0.1, -0.05) is 19.3 Å². The molecule has 2 N–H and O–H groups in total. The first-order valence-electron chi connectivity index (χ1n) is 5.87. The molecule has 0 saturated heterocycles. The van der Waals surface area contributed by atoms with E-state index >= 15 is 0 Å². The molecule has 3 radical (unpaired) electrons. The maximum absolute atomic E-state index is 12.2. The Morgan fingerprint density at radius 2 is 1.94 bits per heavy atom. The average molecular weight is 327 g/mol. The molecule has 87 valence electrons. The number of halogens is 1. The van der Waals surface area contributed by atoms with Crippen molar-refractivity contribution in [1.82, 2.24) is 0 Å². The summed E-state index contributed by atoms with van der Waals surface area (Å²) in [6.07, 6.45) is 4.65. The van der Waals surface area contributed by atoms with Gasteiger partial charge in [-0.15, -0.1) is 0 Å². The van der Waals surface area contributed by atoms with E-state index in [9.17, 15) is 4.39 Å². The predicted octanol–water partition coefficient (Wildman–Crippen LogP) is 2.23. The summed E-state index contributed by atoms with van der Waals surface area (Å²) >= 11 is 1.45. The molecule has 2 rings (SSSR count). The monoisotopic (exact) mass is 328 g/mol. The molecule has 0 atom stereocenters. The van der Waals surface area contributed by atoms with Crippen LogP contribution >= 0.6 is 0 Å². The summed E-state index contributed by atoms with van der Waals surface area (Å²) in [6.45, 7) is 0.655. The Kier molecular flexibility index (Phi) is 7.04. The van der Waals surface area contributed by atoms with Gasteiger partial charge in [0.25, 0.3) is 0 Å². The first-order valence-corrected chi connectivity index (χ1v) is 7.29. The van der Waals surface area contributed by atoms with Crippen molar-refractivity contribution in [2.75, 3.05) is 0 Å². The second kappa shape index (κ2) is 8.07. The Labute approximate surface area is 111 Å². The molecule has 1 saturated carbocycles. The first kappa shape index (κ1) is 14.0. The Hall–Kier alpha value is -0.0913. The van der Waals surface area contributed by atoms with Crippen LogP contribution in [0, 0.1) is 0 Å². The number of alkyl halides is 1. The Bertz CT molecular complexity index is 298. The van der Waals surface area contributed by atoms with Crippen molar-refractivity contribution in [1.29, 1.82) is 0 Å². The molecule has 0 spiro atoms. The molecule has 1 fully saturated rings. The van der Waals surface area contributed by atoms with E-state index in [-0.39, 0.29) is 0 Å². The first-order chi connectivity index (χ1) is 7.72. The van der Waals surface area contributed by atoms with Crippen molar-refractivity contribution < 1.29 is 4.39 Å². The maximum atomic E-state index is 12.2. The average Bonchev–Trinajstić information content (AvgIpc) is 2.31. The van der Waals surface area contributed by atoms with Gasteiger partial charge in [0, 0.05) is 0 Å². The van der Waals surface area contributed by atoms with Gasteiger partial charge in [-0.25, -0.2) is 4.39 Å². The predicted molar refractivity (Wildman–Crippen MR) is 67.7 cm³/mol. The SMILES string of the molecule is FC1CCCCC1.NCc1ccc[c]([Sn])c1. The van der Waals surface area contributed by atoms with Gasteiger partial charge in [0.1, 0.15) is 6.17 Å².